The Bertz CT molecular complexity index is 619. The SMILES string of the molecule is COc1c(C2(N=C=O)CC2)ccc2[nH]ccc12. The highest BCUT2D eigenvalue weighted by Gasteiger charge is 2.47. The van der Waals surface area contributed by atoms with Crippen molar-refractivity contribution in [2.24, 2.45) is 4.99 Å². The van der Waals surface area contributed by atoms with E-state index in [1.165, 1.54) is 0 Å². The van der Waals surface area contributed by atoms with Crippen LogP contribution in [0.4, 0.5) is 0 Å². The van der Waals surface area contributed by atoms with Crippen molar-refractivity contribution >= 4 is 17.0 Å². The van der Waals surface area contributed by atoms with Crippen molar-refractivity contribution in [1.29, 1.82) is 0 Å². The van der Waals surface area contributed by atoms with E-state index in [4.69, 9.17) is 4.74 Å². The van der Waals surface area contributed by atoms with Gasteiger partial charge in [0.25, 0.3) is 0 Å². The molecule has 1 N–H and O–H groups in total. The molecule has 0 saturated heterocycles. The van der Waals surface area contributed by atoms with E-state index in [1.54, 1.807) is 13.2 Å². The second-order valence-corrected chi connectivity index (χ2v) is 4.32. The van der Waals surface area contributed by atoms with Crippen molar-refractivity contribution in [3.8, 4) is 5.75 Å². The lowest BCUT2D eigenvalue weighted by molar-refractivity contribution is 0.409. The molecule has 4 nitrogen and oxygen atoms in total. The first-order chi connectivity index (χ1) is 8.30. The number of nitrogens with zero attached hydrogens (tertiary/aromatic N) is 1. The number of fused-ring (bicyclic) bond motifs is 1. The Labute approximate surface area is 98.3 Å². The molecule has 0 atom stereocenters. The second kappa shape index (κ2) is 3.47. The van der Waals surface area contributed by atoms with Crippen LogP contribution in [-0.2, 0) is 10.3 Å². The maximum Gasteiger partial charge on any atom is 0.235 e. The fourth-order valence-electron chi connectivity index (χ4n) is 2.34. The highest BCUT2D eigenvalue weighted by atomic mass is 16.5. The van der Waals surface area contributed by atoms with Crippen LogP contribution in [0.1, 0.15) is 18.4 Å². The van der Waals surface area contributed by atoms with Gasteiger partial charge in [-0.15, -0.1) is 0 Å². The molecule has 1 aromatic heterocycles. The van der Waals surface area contributed by atoms with E-state index in [0.717, 1.165) is 35.1 Å². The van der Waals surface area contributed by atoms with E-state index in [-0.39, 0.29) is 0 Å². The summed E-state index contributed by atoms with van der Waals surface area (Å²) in [6, 6.07) is 5.94. The molecular weight excluding hydrogens is 216 g/mol. The van der Waals surface area contributed by atoms with Gasteiger partial charge < -0.3 is 9.72 Å². The van der Waals surface area contributed by atoms with Gasteiger partial charge in [0.1, 0.15) is 11.3 Å². The minimum atomic E-state index is -0.390. The Kier molecular flexibility index (Phi) is 2.06. The average Bonchev–Trinajstić information content (AvgIpc) is 2.96. The Hall–Kier alpha value is -2.06. The van der Waals surface area contributed by atoms with E-state index in [1.807, 2.05) is 24.4 Å². The fourth-order valence-corrected chi connectivity index (χ4v) is 2.34. The smallest absolute Gasteiger partial charge is 0.235 e. The number of H-pyrrole nitrogens is 1. The zero-order valence-electron chi connectivity index (χ0n) is 9.49. The lowest BCUT2D eigenvalue weighted by atomic mass is 10.0. The second-order valence-electron chi connectivity index (χ2n) is 4.32. The number of rotatable bonds is 3. The van der Waals surface area contributed by atoms with Gasteiger partial charge in [-0.3, -0.25) is 0 Å². The van der Waals surface area contributed by atoms with Crippen LogP contribution in [0.5, 0.6) is 5.75 Å². The van der Waals surface area contributed by atoms with Crippen molar-refractivity contribution in [2.75, 3.05) is 7.11 Å². The van der Waals surface area contributed by atoms with Gasteiger partial charge in [-0.2, -0.15) is 4.99 Å². The molecule has 0 aliphatic heterocycles. The number of methoxy groups -OCH3 is 1. The van der Waals surface area contributed by atoms with Crippen molar-refractivity contribution in [3.05, 3.63) is 30.0 Å². The van der Waals surface area contributed by atoms with Gasteiger partial charge in [0.05, 0.1) is 7.11 Å². The molecule has 17 heavy (non-hydrogen) atoms. The number of hydrogen-bond donors (Lipinski definition) is 1. The molecule has 1 aliphatic rings. The number of isocyanates is 1. The number of carbonyl (C=O) groups excluding carboxylic acids is 1. The van der Waals surface area contributed by atoms with Crippen LogP contribution < -0.4 is 4.74 Å². The number of aromatic amines is 1. The summed E-state index contributed by atoms with van der Waals surface area (Å²) in [6.45, 7) is 0. The van der Waals surface area contributed by atoms with Crippen molar-refractivity contribution < 1.29 is 9.53 Å². The zero-order chi connectivity index (χ0) is 11.9. The monoisotopic (exact) mass is 228 g/mol. The summed E-state index contributed by atoms with van der Waals surface area (Å²) in [5.41, 5.74) is 1.62. The molecule has 1 aromatic carbocycles. The minimum Gasteiger partial charge on any atom is -0.496 e. The first kappa shape index (κ1) is 10.1. The molecular formula is C13H12N2O2. The third-order valence-electron chi connectivity index (χ3n) is 3.37. The maximum atomic E-state index is 10.5. The molecule has 0 spiro atoms. The van der Waals surface area contributed by atoms with Crippen LogP contribution in [-0.4, -0.2) is 18.2 Å². The van der Waals surface area contributed by atoms with Crippen molar-refractivity contribution in [1.82, 2.24) is 4.98 Å². The van der Waals surface area contributed by atoms with Gasteiger partial charge in [0.15, 0.2) is 0 Å². The van der Waals surface area contributed by atoms with Gasteiger partial charge >= 0.3 is 0 Å². The first-order valence-corrected chi connectivity index (χ1v) is 5.54. The number of benzene rings is 1. The van der Waals surface area contributed by atoms with E-state index in [9.17, 15) is 4.79 Å². The fraction of sp³-hybridized carbons (Fsp3) is 0.308. The Morgan fingerprint density at radius 1 is 1.41 bits per heavy atom. The quantitative estimate of drug-likeness (QED) is 0.648. The normalized spacial score (nSPS) is 16.5. The summed E-state index contributed by atoms with van der Waals surface area (Å²) in [7, 11) is 1.64. The van der Waals surface area contributed by atoms with Gasteiger partial charge in [-0.25, -0.2) is 4.79 Å². The van der Waals surface area contributed by atoms with E-state index < -0.39 is 5.54 Å². The molecule has 0 unspecified atom stereocenters. The maximum absolute atomic E-state index is 10.5. The highest BCUT2D eigenvalue weighted by molar-refractivity contribution is 5.88. The molecule has 1 aliphatic carbocycles. The predicted molar refractivity (Wildman–Crippen MR) is 63.9 cm³/mol. The molecule has 0 bridgehead atoms. The van der Waals surface area contributed by atoms with E-state index in [0.29, 0.717) is 0 Å². The molecule has 86 valence electrons. The highest BCUT2D eigenvalue weighted by Crippen LogP contribution is 2.53. The molecule has 4 heteroatoms. The molecule has 3 rings (SSSR count). The van der Waals surface area contributed by atoms with Gasteiger partial charge in [0, 0.05) is 22.7 Å². The standard InChI is InChI=1S/C13H12N2O2/c1-17-12-9-4-7-14-11(9)3-2-10(12)13(5-6-13)15-8-16/h2-4,7,14H,5-6H2,1H3. The molecule has 1 saturated carbocycles. The minimum absolute atomic E-state index is 0.390. The van der Waals surface area contributed by atoms with Crippen LogP contribution in [0.2, 0.25) is 0 Å². The third-order valence-corrected chi connectivity index (χ3v) is 3.37. The zero-order valence-corrected chi connectivity index (χ0v) is 9.49. The van der Waals surface area contributed by atoms with Crippen LogP contribution in [0.15, 0.2) is 29.4 Å². The van der Waals surface area contributed by atoms with Crippen molar-refractivity contribution in [2.45, 2.75) is 18.4 Å². The predicted octanol–water partition coefficient (Wildman–Crippen LogP) is 2.50. The van der Waals surface area contributed by atoms with Crippen molar-refractivity contribution in [3.63, 3.8) is 0 Å². The lowest BCUT2D eigenvalue weighted by Gasteiger charge is -2.14. The molecule has 0 radical (unpaired) electrons. The molecule has 0 amide bonds. The summed E-state index contributed by atoms with van der Waals surface area (Å²) in [5.74, 6) is 0.806. The number of aromatic nitrogens is 1. The third kappa shape index (κ3) is 1.38. The van der Waals surface area contributed by atoms with Crippen LogP contribution >= 0.6 is 0 Å². The lowest BCUT2D eigenvalue weighted by Crippen LogP contribution is -2.05. The summed E-state index contributed by atoms with van der Waals surface area (Å²) in [4.78, 5) is 17.6. The summed E-state index contributed by atoms with van der Waals surface area (Å²) in [6.07, 6.45) is 5.32. The number of aliphatic imine (C=N–C) groups is 1. The van der Waals surface area contributed by atoms with Crippen LogP contribution in [0.25, 0.3) is 10.9 Å². The van der Waals surface area contributed by atoms with Gasteiger partial charge in [0.2, 0.25) is 6.08 Å². The topological polar surface area (TPSA) is 54.4 Å². The Morgan fingerprint density at radius 3 is 2.88 bits per heavy atom. The molecule has 1 heterocycles. The molecule has 2 aromatic rings. The van der Waals surface area contributed by atoms with Gasteiger partial charge in [-0.1, -0.05) is 6.07 Å². The Morgan fingerprint density at radius 2 is 2.24 bits per heavy atom. The number of nitrogens with one attached hydrogen (secondary N) is 1. The average molecular weight is 228 g/mol. The van der Waals surface area contributed by atoms with E-state index >= 15 is 0 Å². The van der Waals surface area contributed by atoms with Crippen LogP contribution in [0.3, 0.4) is 0 Å². The molecule has 1 fully saturated rings. The summed E-state index contributed by atoms with van der Waals surface area (Å²) < 4.78 is 5.48. The van der Waals surface area contributed by atoms with Gasteiger partial charge in [-0.05, 0) is 25.0 Å². The Balaban J connectivity index is 2.26. The van der Waals surface area contributed by atoms with E-state index in [2.05, 4.69) is 9.98 Å². The number of hydrogen-bond acceptors (Lipinski definition) is 3. The largest absolute Gasteiger partial charge is 0.496 e. The summed E-state index contributed by atoms with van der Waals surface area (Å²) in [5, 5.41) is 1.03. The summed E-state index contributed by atoms with van der Waals surface area (Å²) >= 11 is 0. The first-order valence-electron chi connectivity index (χ1n) is 5.54. The van der Waals surface area contributed by atoms with Crippen LogP contribution in [0, 0.1) is 0 Å². The number of ether oxygens (including phenoxy) is 1.